The van der Waals surface area contributed by atoms with Gasteiger partial charge < -0.3 is 14.6 Å². The molecule has 74 valence electrons. The zero-order valence-corrected chi connectivity index (χ0v) is 7.69. The minimum Gasteiger partial charge on any atom is -0.464 e. The van der Waals surface area contributed by atoms with E-state index in [2.05, 4.69) is 0 Å². The smallest absolute Gasteiger partial charge is 0.359 e. The van der Waals surface area contributed by atoms with E-state index in [1.807, 2.05) is 6.07 Å². The number of rotatable bonds is 0. The Morgan fingerprint density at radius 1 is 1.20 bits per heavy atom. The number of anilines is 1. The molecule has 0 spiro atoms. The second kappa shape index (κ2) is 2.63. The van der Waals surface area contributed by atoms with Crippen LogP contribution in [0.5, 0.6) is 0 Å². The van der Waals surface area contributed by atoms with Crippen molar-refractivity contribution in [3.63, 3.8) is 0 Å². The van der Waals surface area contributed by atoms with Crippen LogP contribution >= 0.6 is 0 Å². The second-order valence-electron chi connectivity index (χ2n) is 3.31. The molecule has 0 aliphatic heterocycles. The molecule has 15 heavy (non-hydrogen) atoms. The lowest BCUT2D eigenvalue weighted by Gasteiger charge is -1.98. The van der Waals surface area contributed by atoms with E-state index in [0.29, 0.717) is 11.2 Å². The van der Waals surface area contributed by atoms with Gasteiger partial charge in [-0.15, -0.1) is 0 Å². The van der Waals surface area contributed by atoms with Crippen molar-refractivity contribution >= 4 is 27.6 Å². The molecule has 1 aromatic carbocycles. The van der Waals surface area contributed by atoms with Gasteiger partial charge >= 0.3 is 5.63 Å². The van der Waals surface area contributed by atoms with Crippen LogP contribution in [0.15, 0.2) is 44.2 Å². The molecule has 0 aliphatic carbocycles. The number of fused-ring (bicyclic) bond motifs is 3. The van der Waals surface area contributed by atoms with Crippen LogP contribution in [0.4, 0.5) is 5.69 Å². The van der Waals surface area contributed by atoms with Crippen LogP contribution in [0.3, 0.4) is 0 Å². The molecular formula is C11H7NO3. The summed E-state index contributed by atoms with van der Waals surface area (Å²) < 4.78 is 10.3. The average Bonchev–Trinajstić information content (AvgIpc) is 2.68. The Bertz CT molecular complexity index is 708. The monoisotopic (exact) mass is 201 g/mol. The standard InChI is InChI=1S/C11H7NO3/c12-8-5-6-1-2-9-7(3-4-14-9)10(6)15-11(8)13/h1-5H,12H2. The zero-order chi connectivity index (χ0) is 10.4. The van der Waals surface area contributed by atoms with Gasteiger partial charge in [0.1, 0.15) is 16.9 Å². The Hall–Kier alpha value is -2.23. The Morgan fingerprint density at radius 3 is 2.93 bits per heavy atom. The van der Waals surface area contributed by atoms with Crippen molar-refractivity contribution in [3.05, 3.63) is 40.9 Å². The number of hydrogen-bond acceptors (Lipinski definition) is 4. The molecule has 0 atom stereocenters. The van der Waals surface area contributed by atoms with E-state index in [0.717, 1.165) is 10.8 Å². The van der Waals surface area contributed by atoms with Crippen molar-refractivity contribution in [2.45, 2.75) is 0 Å². The highest BCUT2D eigenvalue weighted by Gasteiger charge is 2.07. The molecule has 0 unspecified atom stereocenters. The maximum Gasteiger partial charge on any atom is 0.359 e. The minimum absolute atomic E-state index is 0.116. The van der Waals surface area contributed by atoms with Crippen LogP contribution in [0.2, 0.25) is 0 Å². The lowest BCUT2D eigenvalue weighted by atomic mass is 10.1. The van der Waals surface area contributed by atoms with Crippen LogP contribution in [0, 0.1) is 0 Å². The highest BCUT2D eigenvalue weighted by molar-refractivity contribution is 6.02. The van der Waals surface area contributed by atoms with Crippen LogP contribution < -0.4 is 11.4 Å². The third-order valence-corrected chi connectivity index (χ3v) is 2.36. The molecule has 3 rings (SSSR count). The first-order chi connectivity index (χ1) is 7.25. The lowest BCUT2D eigenvalue weighted by molar-refractivity contribution is 0.567. The van der Waals surface area contributed by atoms with Gasteiger partial charge in [-0.1, -0.05) is 0 Å². The molecule has 4 heteroatoms. The van der Waals surface area contributed by atoms with Crippen molar-refractivity contribution in [2.24, 2.45) is 0 Å². The Kier molecular flexibility index (Phi) is 1.42. The van der Waals surface area contributed by atoms with E-state index in [1.54, 1.807) is 24.5 Å². The van der Waals surface area contributed by atoms with Gasteiger partial charge in [0, 0.05) is 5.39 Å². The van der Waals surface area contributed by atoms with Crippen LogP contribution in [-0.2, 0) is 0 Å². The fourth-order valence-corrected chi connectivity index (χ4v) is 1.64. The molecule has 2 heterocycles. The Labute approximate surface area is 83.9 Å². The summed E-state index contributed by atoms with van der Waals surface area (Å²) in [6, 6.07) is 6.99. The van der Waals surface area contributed by atoms with Gasteiger partial charge in [0.15, 0.2) is 0 Å². The van der Waals surface area contributed by atoms with Crippen molar-refractivity contribution < 1.29 is 8.83 Å². The van der Waals surface area contributed by atoms with Gasteiger partial charge in [0.25, 0.3) is 0 Å². The molecule has 0 radical (unpaired) electrons. The van der Waals surface area contributed by atoms with E-state index in [4.69, 9.17) is 14.6 Å². The van der Waals surface area contributed by atoms with E-state index >= 15 is 0 Å². The van der Waals surface area contributed by atoms with Gasteiger partial charge in [0.2, 0.25) is 0 Å². The third kappa shape index (κ3) is 1.05. The summed E-state index contributed by atoms with van der Waals surface area (Å²) in [6.07, 6.45) is 1.56. The summed E-state index contributed by atoms with van der Waals surface area (Å²) in [7, 11) is 0. The maximum absolute atomic E-state index is 11.3. The maximum atomic E-state index is 11.3. The molecule has 0 fully saturated rings. The second-order valence-corrected chi connectivity index (χ2v) is 3.31. The summed E-state index contributed by atoms with van der Waals surface area (Å²) in [6.45, 7) is 0. The summed E-state index contributed by atoms with van der Waals surface area (Å²) in [4.78, 5) is 11.3. The van der Waals surface area contributed by atoms with Crippen molar-refractivity contribution in [1.29, 1.82) is 0 Å². The molecule has 3 aromatic rings. The molecule has 2 aromatic heterocycles. The molecule has 2 N–H and O–H groups in total. The van der Waals surface area contributed by atoms with Crippen LogP contribution in [0.1, 0.15) is 0 Å². The van der Waals surface area contributed by atoms with Crippen molar-refractivity contribution in [2.75, 3.05) is 5.73 Å². The molecule has 0 bridgehead atoms. The molecule has 0 amide bonds. The third-order valence-electron chi connectivity index (χ3n) is 2.36. The number of benzene rings is 1. The van der Waals surface area contributed by atoms with Gasteiger partial charge in [-0.25, -0.2) is 4.79 Å². The van der Waals surface area contributed by atoms with Crippen LogP contribution in [-0.4, -0.2) is 0 Å². The summed E-state index contributed by atoms with van der Waals surface area (Å²) in [5.41, 5.74) is 6.28. The predicted octanol–water partition coefficient (Wildman–Crippen LogP) is 2.12. The number of hydrogen-bond donors (Lipinski definition) is 1. The SMILES string of the molecule is Nc1cc2ccc3occc3c2oc1=O. The first-order valence-corrected chi connectivity index (χ1v) is 4.45. The Morgan fingerprint density at radius 2 is 2.07 bits per heavy atom. The normalized spacial score (nSPS) is 11.2. The fourth-order valence-electron chi connectivity index (χ4n) is 1.64. The highest BCUT2D eigenvalue weighted by atomic mass is 16.4. The number of furan rings is 1. The fraction of sp³-hybridized carbons (Fsp3) is 0. The van der Waals surface area contributed by atoms with Gasteiger partial charge in [0.05, 0.1) is 11.6 Å². The van der Waals surface area contributed by atoms with Gasteiger partial charge in [-0.05, 0) is 24.3 Å². The molecule has 4 nitrogen and oxygen atoms in total. The van der Waals surface area contributed by atoms with E-state index < -0.39 is 5.63 Å². The zero-order valence-electron chi connectivity index (χ0n) is 7.69. The highest BCUT2D eigenvalue weighted by Crippen LogP contribution is 2.25. The topological polar surface area (TPSA) is 69.4 Å². The summed E-state index contributed by atoms with van der Waals surface area (Å²) >= 11 is 0. The van der Waals surface area contributed by atoms with E-state index in [1.165, 1.54) is 0 Å². The van der Waals surface area contributed by atoms with Gasteiger partial charge in [-0.2, -0.15) is 0 Å². The molecule has 0 aliphatic rings. The predicted molar refractivity (Wildman–Crippen MR) is 56.7 cm³/mol. The van der Waals surface area contributed by atoms with Crippen LogP contribution in [0.25, 0.3) is 21.9 Å². The average molecular weight is 201 g/mol. The number of nitrogens with two attached hydrogens (primary N) is 1. The first kappa shape index (κ1) is 8.11. The quantitative estimate of drug-likeness (QED) is 0.565. The number of nitrogen functional groups attached to an aromatic ring is 1. The van der Waals surface area contributed by atoms with E-state index in [9.17, 15) is 4.79 Å². The molecular weight excluding hydrogens is 194 g/mol. The van der Waals surface area contributed by atoms with Gasteiger partial charge in [-0.3, -0.25) is 0 Å². The summed E-state index contributed by atoms with van der Waals surface area (Å²) in [5.74, 6) is 0. The molecule has 0 saturated heterocycles. The van der Waals surface area contributed by atoms with Crippen molar-refractivity contribution in [3.8, 4) is 0 Å². The minimum atomic E-state index is -0.517. The van der Waals surface area contributed by atoms with Crippen molar-refractivity contribution in [1.82, 2.24) is 0 Å². The summed E-state index contributed by atoms with van der Waals surface area (Å²) in [5, 5.41) is 1.57. The lowest BCUT2D eigenvalue weighted by Crippen LogP contribution is -2.05. The first-order valence-electron chi connectivity index (χ1n) is 4.45. The Balaban J connectivity index is 2.62. The molecule has 0 saturated carbocycles. The largest absolute Gasteiger partial charge is 0.464 e. The van der Waals surface area contributed by atoms with E-state index in [-0.39, 0.29) is 5.69 Å².